The molecule has 0 aliphatic rings. The fourth-order valence-electron chi connectivity index (χ4n) is 1.66. The molecule has 2 rings (SSSR count). The van der Waals surface area contributed by atoms with Gasteiger partial charge in [-0.1, -0.05) is 25.4 Å². The number of hydrogen-bond acceptors (Lipinski definition) is 1. The van der Waals surface area contributed by atoms with Crippen molar-refractivity contribution in [1.29, 1.82) is 0 Å². The molecule has 0 radical (unpaired) electrons. The summed E-state index contributed by atoms with van der Waals surface area (Å²) in [6, 6.07) is 4.66. The zero-order chi connectivity index (χ0) is 11.9. The molecule has 0 spiro atoms. The van der Waals surface area contributed by atoms with Gasteiger partial charge < -0.3 is 4.98 Å². The Morgan fingerprint density at radius 1 is 1.38 bits per heavy atom. The van der Waals surface area contributed by atoms with Crippen LogP contribution in [0, 0.1) is 5.82 Å². The van der Waals surface area contributed by atoms with E-state index >= 15 is 0 Å². The summed E-state index contributed by atoms with van der Waals surface area (Å²) in [5.41, 5.74) is 0.821. The second-order valence-corrected chi connectivity index (χ2v) is 4.41. The van der Waals surface area contributed by atoms with Crippen LogP contribution in [-0.4, -0.2) is 4.98 Å². The zero-order valence-electron chi connectivity index (χ0n) is 8.97. The fourth-order valence-corrected chi connectivity index (χ4v) is 1.88. The molecule has 0 aliphatic heterocycles. The van der Waals surface area contributed by atoms with Crippen molar-refractivity contribution in [3.05, 3.63) is 45.0 Å². The monoisotopic (exact) mass is 239 g/mol. The number of pyridine rings is 1. The maximum atomic E-state index is 13.2. The van der Waals surface area contributed by atoms with E-state index in [2.05, 4.69) is 4.98 Å². The number of halogens is 2. The molecule has 16 heavy (non-hydrogen) atoms. The van der Waals surface area contributed by atoms with Crippen molar-refractivity contribution < 1.29 is 4.39 Å². The average molecular weight is 240 g/mol. The van der Waals surface area contributed by atoms with Crippen molar-refractivity contribution in [1.82, 2.24) is 4.98 Å². The third-order valence-electron chi connectivity index (χ3n) is 2.56. The van der Waals surface area contributed by atoms with Gasteiger partial charge in [-0.15, -0.1) is 0 Å². The summed E-state index contributed by atoms with van der Waals surface area (Å²) in [5, 5.41) is 0.708. The van der Waals surface area contributed by atoms with E-state index in [9.17, 15) is 9.18 Å². The molecule has 1 heterocycles. The zero-order valence-corrected chi connectivity index (χ0v) is 9.73. The Balaban J connectivity index is 2.84. The van der Waals surface area contributed by atoms with Crippen LogP contribution in [0.3, 0.4) is 0 Å². The summed E-state index contributed by atoms with van der Waals surface area (Å²) in [4.78, 5) is 14.3. The van der Waals surface area contributed by atoms with Crippen LogP contribution < -0.4 is 5.56 Å². The van der Waals surface area contributed by atoms with Gasteiger partial charge in [-0.25, -0.2) is 4.39 Å². The van der Waals surface area contributed by atoms with E-state index < -0.39 is 5.82 Å². The maximum Gasteiger partial charge on any atom is 0.251 e. The third-order valence-corrected chi connectivity index (χ3v) is 2.93. The summed E-state index contributed by atoms with van der Waals surface area (Å²) in [6.45, 7) is 3.86. The number of rotatable bonds is 1. The van der Waals surface area contributed by atoms with Crippen LogP contribution in [0.2, 0.25) is 5.02 Å². The van der Waals surface area contributed by atoms with Crippen LogP contribution >= 0.6 is 11.6 Å². The first kappa shape index (κ1) is 11.1. The molecule has 84 valence electrons. The first-order valence-corrected chi connectivity index (χ1v) is 5.39. The van der Waals surface area contributed by atoms with Crippen molar-refractivity contribution in [2.24, 2.45) is 0 Å². The Morgan fingerprint density at radius 3 is 2.69 bits per heavy atom. The molecule has 1 aromatic heterocycles. The molecule has 0 unspecified atom stereocenters. The Morgan fingerprint density at radius 2 is 2.06 bits per heavy atom. The van der Waals surface area contributed by atoms with E-state index in [1.807, 2.05) is 13.8 Å². The smallest absolute Gasteiger partial charge is 0.251 e. The van der Waals surface area contributed by atoms with E-state index in [1.165, 1.54) is 6.07 Å². The van der Waals surface area contributed by atoms with Crippen LogP contribution in [-0.2, 0) is 0 Å². The number of benzene rings is 1. The highest BCUT2D eigenvalue weighted by atomic mass is 35.5. The van der Waals surface area contributed by atoms with E-state index in [0.717, 1.165) is 5.39 Å². The predicted octanol–water partition coefficient (Wildman–Crippen LogP) is 3.44. The number of aromatic amines is 1. The first-order chi connectivity index (χ1) is 7.50. The molecular formula is C12H11ClFNO. The largest absolute Gasteiger partial charge is 0.320 e. The van der Waals surface area contributed by atoms with Crippen molar-refractivity contribution in [2.45, 2.75) is 19.8 Å². The fraction of sp³-hybridized carbons (Fsp3) is 0.250. The minimum atomic E-state index is -0.526. The van der Waals surface area contributed by atoms with Gasteiger partial charge in [0, 0.05) is 10.9 Å². The minimum Gasteiger partial charge on any atom is -0.320 e. The number of nitrogens with one attached hydrogen (secondary N) is 1. The molecule has 0 bridgehead atoms. The highest BCUT2D eigenvalue weighted by molar-refractivity contribution is 6.35. The van der Waals surface area contributed by atoms with Gasteiger partial charge in [-0.3, -0.25) is 4.79 Å². The third kappa shape index (κ3) is 1.71. The van der Waals surface area contributed by atoms with E-state index in [1.54, 1.807) is 12.1 Å². The molecule has 0 amide bonds. The molecule has 0 saturated heterocycles. The number of fused-ring (bicyclic) bond motifs is 1. The molecule has 1 aromatic carbocycles. The standard InChI is InChI=1S/C12H11ClFNO/c1-6(2)8-5-7-3-4-9(14)10(13)11(7)15-12(8)16/h3-6H,1-2H3,(H,15,16). The Bertz CT molecular complexity index is 604. The lowest BCUT2D eigenvalue weighted by Gasteiger charge is -2.07. The SMILES string of the molecule is CC(C)c1cc2ccc(F)c(Cl)c2[nH]c1=O. The second kappa shape index (κ2) is 3.91. The molecule has 2 aromatic rings. The van der Waals surface area contributed by atoms with Crippen LogP contribution in [0.1, 0.15) is 25.3 Å². The van der Waals surface area contributed by atoms with E-state index in [4.69, 9.17) is 11.6 Å². The lowest BCUT2D eigenvalue weighted by atomic mass is 10.0. The van der Waals surface area contributed by atoms with Crippen LogP contribution in [0.25, 0.3) is 10.9 Å². The molecule has 0 atom stereocenters. The molecule has 0 aliphatic carbocycles. The van der Waals surface area contributed by atoms with Gasteiger partial charge in [0.1, 0.15) is 10.8 Å². The van der Waals surface area contributed by atoms with Crippen LogP contribution in [0.15, 0.2) is 23.0 Å². The molecule has 4 heteroatoms. The quantitative estimate of drug-likeness (QED) is 0.812. The van der Waals surface area contributed by atoms with Crippen molar-refractivity contribution in [3.63, 3.8) is 0 Å². The molecule has 2 nitrogen and oxygen atoms in total. The van der Waals surface area contributed by atoms with Crippen LogP contribution in [0.5, 0.6) is 0 Å². The summed E-state index contributed by atoms with van der Waals surface area (Å²) < 4.78 is 13.2. The molecule has 1 N–H and O–H groups in total. The van der Waals surface area contributed by atoms with Gasteiger partial charge in [0.05, 0.1) is 5.52 Å². The van der Waals surface area contributed by atoms with Gasteiger partial charge in [0.2, 0.25) is 0 Å². The number of hydrogen-bond donors (Lipinski definition) is 1. The summed E-state index contributed by atoms with van der Waals surface area (Å²) in [5.74, 6) is -0.404. The van der Waals surface area contributed by atoms with Gasteiger partial charge in [0.25, 0.3) is 5.56 Å². The van der Waals surface area contributed by atoms with Crippen molar-refractivity contribution >= 4 is 22.5 Å². The van der Waals surface area contributed by atoms with Crippen LogP contribution in [0.4, 0.5) is 4.39 Å². The minimum absolute atomic E-state index is 0.0371. The number of H-pyrrole nitrogens is 1. The predicted molar refractivity (Wildman–Crippen MR) is 63.6 cm³/mol. The second-order valence-electron chi connectivity index (χ2n) is 4.03. The highest BCUT2D eigenvalue weighted by Gasteiger charge is 2.10. The van der Waals surface area contributed by atoms with Crippen molar-refractivity contribution in [2.75, 3.05) is 0 Å². The van der Waals surface area contributed by atoms with Gasteiger partial charge >= 0.3 is 0 Å². The topological polar surface area (TPSA) is 32.9 Å². The van der Waals surface area contributed by atoms with E-state index in [-0.39, 0.29) is 16.5 Å². The Kier molecular flexibility index (Phi) is 2.72. The van der Waals surface area contributed by atoms with Gasteiger partial charge in [-0.2, -0.15) is 0 Å². The lowest BCUT2D eigenvalue weighted by molar-refractivity contribution is 0.629. The Labute approximate surface area is 97.1 Å². The highest BCUT2D eigenvalue weighted by Crippen LogP contribution is 2.25. The molecule has 0 saturated carbocycles. The normalized spacial score (nSPS) is 11.3. The Hall–Kier alpha value is -1.35. The van der Waals surface area contributed by atoms with E-state index in [0.29, 0.717) is 11.1 Å². The average Bonchev–Trinajstić information content (AvgIpc) is 2.23. The lowest BCUT2D eigenvalue weighted by Crippen LogP contribution is -2.13. The van der Waals surface area contributed by atoms with Crippen molar-refractivity contribution in [3.8, 4) is 0 Å². The number of aromatic nitrogens is 1. The summed E-state index contributed by atoms with van der Waals surface area (Å²) in [6.07, 6.45) is 0. The van der Waals surface area contributed by atoms with Gasteiger partial charge in [-0.05, 0) is 24.1 Å². The summed E-state index contributed by atoms with van der Waals surface area (Å²) >= 11 is 5.78. The maximum absolute atomic E-state index is 13.2. The first-order valence-electron chi connectivity index (χ1n) is 5.01. The van der Waals surface area contributed by atoms with Gasteiger partial charge in [0.15, 0.2) is 0 Å². The molecular weight excluding hydrogens is 229 g/mol. The summed E-state index contributed by atoms with van der Waals surface area (Å²) in [7, 11) is 0. The molecule has 0 fully saturated rings.